The molecule has 13 heteroatoms. The number of anilines is 2. The monoisotopic (exact) mass is 798 g/mol. The highest BCUT2D eigenvalue weighted by Gasteiger charge is 2.29. The van der Waals surface area contributed by atoms with Gasteiger partial charge >= 0.3 is 0 Å². The molecule has 0 spiro atoms. The van der Waals surface area contributed by atoms with Crippen LogP contribution in [0, 0.1) is 0 Å². The molecule has 0 bridgehead atoms. The van der Waals surface area contributed by atoms with E-state index < -0.39 is 20.2 Å². The van der Waals surface area contributed by atoms with Gasteiger partial charge in [-0.1, -0.05) is 108 Å². The minimum Gasteiger partial charge on any atom is -0.335 e. The quantitative estimate of drug-likeness (QED) is 0.105. The van der Waals surface area contributed by atoms with Crippen LogP contribution in [0.5, 0.6) is 0 Å². The van der Waals surface area contributed by atoms with Gasteiger partial charge in [-0.3, -0.25) is 13.9 Å². The van der Waals surface area contributed by atoms with Crippen LogP contribution in [0.25, 0.3) is 22.3 Å². The summed E-state index contributed by atoms with van der Waals surface area (Å²) in [6, 6.07) is 32.4. The number of hydrogen-bond donors (Lipinski definition) is 2. The second-order valence-electron chi connectivity index (χ2n) is 13.1. The second kappa shape index (κ2) is 16.2. The molecule has 0 unspecified atom stereocenters. The number of hydrogen-bond acceptors (Lipinski definition) is 9. The van der Waals surface area contributed by atoms with Gasteiger partial charge in [0.25, 0.3) is 20.2 Å². The summed E-state index contributed by atoms with van der Waals surface area (Å²) in [7, 11) is -8.23. The van der Waals surface area contributed by atoms with E-state index >= 15 is 0 Å². The van der Waals surface area contributed by atoms with Gasteiger partial charge in [0.15, 0.2) is 5.78 Å². The third-order valence-electron chi connectivity index (χ3n) is 9.34. The van der Waals surface area contributed by atoms with Crippen molar-refractivity contribution in [1.82, 2.24) is 0 Å². The van der Waals surface area contributed by atoms with E-state index in [0.717, 1.165) is 53.5 Å². The summed E-state index contributed by atoms with van der Waals surface area (Å²) in [6.07, 6.45) is 9.14. The zero-order valence-corrected chi connectivity index (χ0v) is 32.4. The molecule has 3 aliphatic rings. The van der Waals surface area contributed by atoms with E-state index in [9.17, 15) is 30.7 Å². The van der Waals surface area contributed by atoms with Gasteiger partial charge < -0.3 is 9.80 Å². The first-order valence-electron chi connectivity index (χ1n) is 17.5. The van der Waals surface area contributed by atoms with E-state index in [1.165, 1.54) is 0 Å². The van der Waals surface area contributed by atoms with Gasteiger partial charge in [0, 0.05) is 34.0 Å². The van der Waals surface area contributed by atoms with Crippen LogP contribution in [0.2, 0.25) is 0 Å². The lowest BCUT2D eigenvalue weighted by atomic mass is 10.0. The van der Waals surface area contributed by atoms with Gasteiger partial charge in [-0.15, -0.1) is 0 Å². The standard InChI is InChI=1S/C41H38N2O7S4/c44-41-31(17-21-39-42(23-7-25-53(45,46)47)35-27-33(15-19-37(35)51-39)29-9-3-1-4-10-29)13-14-32(41)18-22-40-43(24-8-26-54(48,49)50)36-28-34(16-20-38(36)52-40)30-11-5-2-6-12-30/h1-6,9-12,15-22,27-28H,7-8,13-14,23-26H2,(H,45,46,47)(H,48,49,50). The number of carbonyl (C=O) groups excluding carboxylic acids is 1. The van der Waals surface area contributed by atoms with Crippen molar-refractivity contribution in [1.29, 1.82) is 0 Å². The third-order valence-corrected chi connectivity index (χ3v) is 13.2. The van der Waals surface area contributed by atoms with Gasteiger partial charge in [0.2, 0.25) is 0 Å². The molecule has 2 N–H and O–H groups in total. The van der Waals surface area contributed by atoms with Crippen LogP contribution in [-0.2, 0) is 25.0 Å². The molecule has 0 aromatic heterocycles. The molecule has 0 radical (unpaired) electrons. The van der Waals surface area contributed by atoms with Crippen molar-refractivity contribution in [2.75, 3.05) is 34.4 Å². The maximum atomic E-state index is 13.7. The molecule has 1 fully saturated rings. The Bertz CT molecular complexity index is 2260. The predicted molar refractivity (Wildman–Crippen MR) is 219 cm³/mol. The number of nitrogens with zero attached hydrogens (tertiary/aromatic N) is 2. The van der Waals surface area contributed by atoms with E-state index in [1.54, 1.807) is 23.5 Å². The lowest BCUT2D eigenvalue weighted by Gasteiger charge is -2.20. The molecule has 0 saturated heterocycles. The number of allylic oxidation sites excluding steroid dienone is 6. The highest BCUT2D eigenvalue weighted by atomic mass is 32.2. The van der Waals surface area contributed by atoms with E-state index in [4.69, 9.17) is 0 Å². The van der Waals surface area contributed by atoms with E-state index in [1.807, 2.05) is 94.8 Å². The highest BCUT2D eigenvalue weighted by molar-refractivity contribution is 8.04. The van der Waals surface area contributed by atoms with E-state index in [-0.39, 0.29) is 30.1 Å². The van der Waals surface area contributed by atoms with Crippen molar-refractivity contribution in [3.8, 4) is 22.3 Å². The average Bonchev–Trinajstić information content (AvgIpc) is 3.81. The summed E-state index contributed by atoms with van der Waals surface area (Å²) >= 11 is 3.11. The number of benzene rings is 4. The van der Waals surface area contributed by atoms with Crippen LogP contribution in [0.3, 0.4) is 0 Å². The first-order chi connectivity index (χ1) is 25.9. The Labute approximate surface area is 324 Å². The Morgan fingerprint density at radius 3 is 1.35 bits per heavy atom. The first-order valence-corrected chi connectivity index (χ1v) is 22.3. The molecule has 2 heterocycles. The molecule has 0 amide bonds. The average molecular weight is 799 g/mol. The fraction of sp³-hybridized carbons (Fsp3) is 0.195. The normalized spacial score (nSPS) is 18.7. The first kappa shape index (κ1) is 37.9. The number of rotatable bonds is 12. The minimum atomic E-state index is -4.11. The molecule has 2 aliphatic heterocycles. The Morgan fingerprint density at radius 2 is 0.963 bits per heavy atom. The molecule has 7 rings (SSSR count). The van der Waals surface area contributed by atoms with Crippen LogP contribution >= 0.6 is 23.5 Å². The van der Waals surface area contributed by atoms with Crippen molar-refractivity contribution in [3.05, 3.63) is 143 Å². The Morgan fingerprint density at radius 1 is 0.556 bits per heavy atom. The van der Waals surface area contributed by atoms with Crippen LogP contribution in [0.4, 0.5) is 11.4 Å². The minimum absolute atomic E-state index is 0.0432. The molecule has 54 heavy (non-hydrogen) atoms. The Hall–Kier alpha value is -4.37. The van der Waals surface area contributed by atoms with Crippen LogP contribution < -0.4 is 9.80 Å². The van der Waals surface area contributed by atoms with Gasteiger partial charge in [-0.05, 0) is 84.4 Å². The maximum absolute atomic E-state index is 13.7. The summed E-state index contributed by atoms with van der Waals surface area (Å²) < 4.78 is 64.9. The molecule has 278 valence electrons. The molecular weight excluding hydrogens is 761 g/mol. The molecular formula is C41H38N2O7S4. The van der Waals surface area contributed by atoms with Crippen molar-refractivity contribution < 1.29 is 30.7 Å². The summed E-state index contributed by atoms with van der Waals surface area (Å²) in [5.74, 6) is -0.750. The van der Waals surface area contributed by atoms with Crippen molar-refractivity contribution >= 4 is 60.9 Å². The van der Waals surface area contributed by atoms with Crippen molar-refractivity contribution in [2.45, 2.75) is 35.5 Å². The maximum Gasteiger partial charge on any atom is 0.264 e. The number of thioether (sulfide) groups is 2. The number of ketones is 1. The topological polar surface area (TPSA) is 132 Å². The van der Waals surface area contributed by atoms with Gasteiger partial charge in [0.1, 0.15) is 0 Å². The van der Waals surface area contributed by atoms with E-state index in [2.05, 4.69) is 36.4 Å². The van der Waals surface area contributed by atoms with Crippen molar-refractivity contribution in [2.24, 2.45) is 0 Å². The number of Topliss-reactive ketones (excluding diaryl/α,β-unsaturated/α-hetero) is 1. The van der Waals surface area contributed by atoms with Gasteiger partial charge in [0.05, 0.1) is 32.9 Å². The molecule has 4 aromatic carbocycles. The largest absolute Gasteiger partial charge is 0.335 e. The smallest absolute Gasteiger partial charge is 0.264 e. The fourth-order valence-corrected chi connectivity index (χ4v) is 9.84. The molecule has 1 aliphatic carbocycles. The summed E-state index contributed by atoms with van der Waals surface area (Å²) in [4.78, 5) is 19.8. The Kier molecular flexibility index (Phi) is 11.3. The summed E-state index contributed by atoms with van der Waals surface area (Å²) in [5.41, 5.74) is 7.41. The predicted octanol–water partition coefficient (Wildman–Crippen LogP) is 9.00. The number of fused-ring (bicyclic) bond motifs is 2. The van der Waals surface area contributed by atoms with Crippen LogP contribution in [0.1, 0.15) is 25.7 Å². The van der Waals surface area contributed by atoms with Crippen molar-refractivity contribution in [3.63, 3.8) is 0 Å². The lowest BCUT2D eigenvalue weighted by molar-refractivity contribution is -0.111. The highest BCUT2D eigenvalue weighted by Crippen LogP contribution is 2.49. The molecule has 1 saturated carbocycles. The lowest BCUT2D eigenvalue weighted by Crippen LogP contribution is -2.21. The molecule has 9 nitrogen and oxygen atoms in total. The van der Waals surface area contributed by atoms with Crippen LogP contribution in [0.15, 0.2) is 152 Å². The second-order valence-corrected chi connectivity index (χ2v) is 18.4. The molecule has 4 aromatic rings. The van der Waals surface area contributed by atoms with Gasteiger partial charge in [-0.25, -0.2) is 0 Å². The molecule has 0 atom stereocenters. The SMILES string of the molecule is O=C1C(=CC=C2Sc3ccc(-c4ccccc4)cc3N2CCCS(=O)(=O)O)CCC1=CC=C1Sc2ccc(-c3ccccc3)cc2N1CCCS(=O)(=O)O. The Balaban J connectivity index is 1.12. The summed E-state index contributed by atoms with van der Waals surface area (Å²) in [6.45, 7) is 0.737. The zero-order valence-electron chi connectivity index (χ0n) is 29.2. The van der Waals surface area contributed by atoms with Crippen LogP contribution in [-0.4, -0.2) is 56.3 Å². The van der Waals surface area contributed by atoms with Gasteiger partial charge in [-0.2, -0.15) is 16.8 Å². The fourth-order valence-electron chi connectivity index (χ4n) is 6.71. The third kappa shape index (κ3) is 9.11. The van der Waals surface area contributed by atoms with E-state index in [0.29, 0.717) is 37.1 Å². The number of carbonyl (C=O) groups is 1. The summed E-state index contributed by atoms with van der Waals surface area (Å²) in [5, 5.41) is 1.72. The zero-order chi connectivity index (χ0) is 37.9.